The summed E-state index contributed by atoms with van der Waals surface area (Å²) in [7, 11) is 1.34. The molecule has 0 radical (unpaired) electrons. The van der Waals surface area contributed by atoms with E-state index in [1.54, 1.807) is 24.4 Å². The molecule has 0 saturated carbocycles. The molecule has 0 aliphatic carbocycles. The number of aromatic nitrogens is 3. The van der Waals surface area contributed by atoms with Crippen LogP contribution >= 0.6 is 11.8 Å². The Morgan fingerprint density at radius 3 is 2.79 bits per heavy atom. The van der Waals surface area contributed by atoms with Crippen molar-refractivity contribution in [2.24, 2.45) is 0 Å². The lowest BCUT2D eigenvalue weighted by Gasteiger charge is -2.13. The fourth-order valence-electron chi connectivity index (χ4n) is 4.03. The molecular weight excluding hydrogens is 536 g/mol. The summed E-state index contributed by atoms with van der Waals surface area (Å²) in [5, 5.41) is 3.41. The van der Waals surface area contributed by atoms with Gasteiger partial charge in [0, 0.05) is 34.5 Å². The fraction of sp³-hybridized carbons (Fsp3) is 0.259. The lowest BCUT2D eigenvalue weighted by Crippen LogP contribution is -2.23. The number of benzene rings is 1. The molecule has 0 spiro atoms. The summed E-state index contributed by atoms with van der Waals surface area (Å²) in [5.74, 6) is -4.30. The third-order valence-electron chi connectivity index (χ3n) is 6.01. The van der Waals surface area contributed by atoms with E-state index in [1.165, 1.54) is 25.3 Å². The molecule has 4 heterocycles. The largest absolute Gasteiger partial charge is 0.480 e. The minimum atomic E-state index is -3.12. The molecule has 4 aromatic rings. The van der Waals surface area contributed by atoms with Crippen LogP contribution in [-0.4, -0.2) is 40.1 Å². The van der Waals surface area contributed by atoms with Gasteiger partial charge >= 0.3 is 0 Å². The molecule has 5 rings (SSSR count). The molecule has 3 aromatic heterocycles. The first-order valence-electron chi connectivity index (χ1n) is 11.8. The van der Waals surface area contributed by atoms with Gasteiger partial charge in [-0.3, -0.25) is 9.78 Å². The molecule has 0 fully saturated rings. The number of ether oxygens (including phenoxy) is 2. The van der Waals surface area contributed by atoms with Crippen molar-refractivity contribution in [1.82, 2.24) is 20.3 Å². The Morgan fingerprint density at radius 2 is 2.03 bits per heavy atom. The number of hydrogen-bond donors (Lipinski definition) is 1. The maximum atomic E-state index is 14.6. The van der Waals surface area contributed by atoms with Gasteiger partial charge in [-0.1, -0.05) is 11.8 Å². The quantitative estimate of drug-likeness (QED) is 0.300. The lowest BCUT2D eigenvalue weighted by atomic mass is 10.1. The van der Waals surface area contributed by atoms with E-state index in [0.29, 0.717) is 32.7 Å². The van der Waals surface area contributed by atoms with E-state index in [0.717, 1.165) is 24.8 Å². The topological polar surface area (TPSA) is 86.2 Å². The van der Waals surface area contributed by atoms with Crippen molar-refractivity contribution in [2.45, 2.75) is 36.4 Å². The van der Waals surface area contributed by atoms with Gasteiger partial charge in [0.1, 0.15) is 11.5 Å². The summed E-state index contributed by atoms with van der Waals surface area (Å²) >= 11 is 0.815. The lowest BCUT2D eigenvalue weighted by molar-refractivity contribution is 0.0123. The van der Waals surface area contributed by atoms with Crippen LogP contribution in [0.1, 0.15) is 34.2 Å². The molecule has 12 heteroatoms. The van der Waals surface area contributed by atoms with Crippen molar-refractivity contribution >= 4 is 28.6 Å². The molecule has 1 N–H and O–H groups in total. The first-order valence-corrected chi connectivity index (χ1v) is 12.7. The average Bonchev–Trinajstić information content (AvgIpc) is 3.11. The van der Waals surface area contributed by atoms with Gasteiger partial charge in [-0.2, -0.15) is 8.78 Å². The minimum absolute atomic E-state index is 0.0132. The Hall–Kier alpha value is -3.77. The van der Waals surface area contributed by atoms with Gasteiger partial charge in [0.15, 0.2) is 5.50 Å². The second-order valence-corrected chi connectivity index (χ2v) is 10.1. The summed E-state index contributed by atoms with van der Waals surface area (Å²) < 4.78 is 66.3. The molecule has 1 aliphatic heterocycles. The molecule has 0 saturated heterocycles. The van der Waals surface area contributed by atoms with Crippen molar-refractivity contribution in [1.29, 1.82) is 0 Å². The number of halogens is 4. The molecule has 1 unspecified atom stereocenters. The second kappa shape index (κ2) is 10.8. The molecule has 0 bridgehead atoms. The zero-order valence-electron chi connectivity index (χ0n) is 20.8. The Morgan fingerprint density at radius 1 is 1.21 bits per heavy atom. The Labute approximate surface area is 225 Å². The highest BCUT2D eigenvalue weighted by molar-refractivity contribution is 7.99. The number of alkyl halides is 3. The molecule has 39 heavy (non-hydrogen) atoms. The van der Waals surface area contributed by atoms with Gasteiger partial charge in [0.05, 0.1) is 49.3 Å². The number of hydrogen-bond acceptors (Lipinski definition) is 7. The Bertz CT molecular complexity index is 1560. The monoisotopic (exact) mass is 558 g/mol. The molecule has 1 atom stereocenters. The van der Waals surface area contributed by atoms with E-state index in [2.05, 4.69) is 20.3 Å². The maximum Gasteiger partial charge on any atom is 0.287 e. The van der Waals surface area contributed by atoms with E-state index < -0.39 is 28.8 Å². The summed E-state index contributed by atoms with van der Waals surface area (Å²) in [6, 6.07) is 10.4. The minimum Gasteiger partial charge on any atom is -0.480 e. The number of amides is 1. The van der Waals surface area contributed by atoms with Crippen LogP contribution in [0.25, 0.3) is 22.2 Å². The number of pyridine rings is 3. The SMILES string of the molecule is COc1nc(C(C)(F)F)ccc1-c1ccc2cnc(CNC(=O)c3cc(F)c4c(c3)SC(F)COC4)cc2n1. The van der Waals surface area contributed by atoms with Gasteiger partial charge in [-0.05, 0) is 42.5 Å². The van der Waals surface area contributed by atoms with Crippen molar-refractivity contribution < 1.29 is 31.8 Å². The van der Waals surface area contributed by atoms with Gasteiger partial charge in [0.2, 0.25) is 5.88 Å². The molecule has 202 valence electrons. The molecule has 1 aromatic carbocycles. The number of carbonyl (C=O) groups excluding carboxylic acids is 1. The number of rotatable bonds is 6. The highest BCUT2D eigenvalue weighted by atomic mass is 32.2. The van der Waals surface area contributed by atoms with E-state index in [9.17, 15) is 22.4 Å². The fourth-order valence-corrected chi connectivity index (χ4v) is 4.96. The number of fused-ring (bicyclic) bond motifs is 2. The van der Waals surface area contributed by atoms with Crippen molar-refractivity contribution in [2.75, 3.05) is 13.7 Å². The Balaban J connectivity index is 1.36. The van der Waals surface area contributed by atoms with Crippen LogP contribution in [0.4, 0.5) is 17.6 Å². The van der Waals surface area contributed by atoms with Crippen LogP contribution in [0.3, 0.4) is 0 Å². The number of thioether (sulfide) groups is 1. The Kier molecular flexibility index (Phi) is 7.41. The third-order valence-corrected chi connectivity index (χ3v) is 7.02. The van der Waals surface area contributed by atoms with Crippen molar-refractivity contribution in [3.05, 3.63) is 77.0 Å². The van der Waals surface area contributed by atoms with E-state index >= 15 is 0 Å². The van der Waals surface area contributed by atoms with Gasteiger partial charge in [-0.15, -0.1) is 0 Å². The van der Waals surface area contributed by atoms with Crippen LogP contribution in [0.5, 0.6) is 5.88 Å². The predicted molar refractivity (Wildman–Crippen MR) is 137 cm³/mol. The van der Waals surface area contributed by atoms with E-state index in [-0.39, 0.29) is 36.8 Å². The number of methoxy groups -OCH3 is 1. The normalized spacial score (nSPS) is 15.5. The van der Waals surface area contributed by atoms with Gasteiger partial charge < -0.3 is 14.8 Å². The van der Waals surface area contributed by atoms with Crippen LogP contribution in [0, 0.1) is 5.82 Å². The zero-order chi connectivity index (χ0) is 27.7. The highest BCUT2D eigenvalue weighted by Gasteiger charge is 2.28. The zero-order valence-corrected chi connectivity index (χ0v) is 21.6. The number of carbonyl (C=O) groups is 1. The van der Waals surface area contributed by atoms with E-state index in [1.807, 2.05) is 0 Å². The van der Waals surface area contributed by atoms with Crippen LogP contribution in [0.15, 0.2) is 53.6 Å². The summed E-state index contributed by atoms with van der Waals surface area (Å²) in [4.78, 5) is 26.0. The van der Waals surface area contributed by atoms with Gasteiger partial charge in [0.25, 0.3) is 11.8 Å². The molecule has 7 nitrogen and oxygen atoms in total. The average molecular weight is 559 g/mol. The first kappa shape index (κ1) is 26.8. The summed E-state index contributed by atoms with van der Waals surface area (Å²) in [6.07, 6.45) is 1.59. The standard InChI is InChI=1S/C27H22F4N4O3S/c1-27(30,31)23-6-4-17(26(35-23)37-2)20-5-3-14-10-32-16(9-21(14)34-20)11-33-25(36)15-7-19(28)18-12-38-13-24(29)39-22(18)8-15/h3-10,24H,11-13H2,1-2H3,(H,33,36). The van der Waals surface area contributed by atoms with Crippen LogP contribution in [0.2, 0.25) is 0 Å². The molecule has 1 amide bonds. The molecule has 1 aliphatic rings. The summed E-state index contributed by atoms with van der Waals surface area (Å²) in [6.45, 7) is 0.551. The van der Waals surface area contributed by atoms with Crippen LogP contribution < -0.4 is 10.1 Å². The summed E-state index contributed by atoms with van der Waals surface area (Å²) in [5.41, 5.74) is 0.402. The first-order chi connectivity index (χ1) is 18.6. The maximum absolute atomic E-state index is 14.6. The second-order valence-electron chi connectivity index (χ2n) is 8.87. The third kappa shape index (κ3) is 5.81. The highest BCUT2D eigenvalue weighted by Crippen LogP contribution is 2.35. The number of nitrogens with one attached hydrogen (secondary N) is 1. The van der Waals surface area contributed by atoms with Crippen molar-refractivity contribution in [3.63, 3.8) is 0 Å². The van der Waals surface area contributed by atoms with E-state index in [4.69, 9.17) is 9.47 Å². The van der Waals surface area contributed by atoms with Crippen molar-refractivity contribution in [3.8, 4) is 17.1 Å². The van der Waals surface area contributed by atoms with Gasteiger partial charge in [-0.25, -0.2) is 18.7 Å². The predicted octanol–water partition coefficient (Wildman–Crippen LogP) is 5.80. The molecular formula is C27H22F4N4O3S. The smallest absolute Gasteiger partial charge is 0.287 e. The van der Waals surface area contributed by atoms with Crippen LogP contribution in [-0.2, 0) is 23.8 Å². The number of nitrogens with zero attached hydrogens (tertiary/aromatic N) is 3.